The maximum absolute atomic E-state index is 4.76. The number of nitrogens with zero attached hydrogens (tertiary/aromatic N) is 8. The molecule has 0 aliphatic rings. The minimum Gasteiger partial charge on any atom is -0.373 e. The van der Waals surface area contributed by atoms with Crippen LogP contribution in [0.25, 0.3) is 55.2 Å². The summed E-state index contributed by atoms with van der Waals surface area (Å²) in [5.41, 5.74) is 4.71. The molecule has 0 unspecified atom stereocenters. The van der Waals surface area contributed by atoms with E-state index in [1.165, 1.54) is 42.1 Å². The molecule has 0 saturated carbocycles. The average Bonchev–Trinajstić information content (AvgIpc) is 4.06. The van der Waals surface area contributed by atoms with E-state index in [0.29, 0.717) is 11.6 Å². The van der Waals surface area contributed by atoms with Crippen LogP contribution < -0.4 is 13.7 Å². The smallest absolute Gasteiger partial charge is 0.163 e. The van der Waals surface area contributed by atoms with Crippen molar-refractivity contribution in [2.45, 2.75) is 72.6 Å². The summed E-state index contributed by atoms with van der Waals surface area (Å²) in [7, 11) is 3.74. The Bertz CT molecular complexity index is 2490. The van der Waals surface area contributed by atoms with E-state index in [9.17, 15) is 0 Å². The van der Waals surface area contributed by atoms with E-state index in [-0.39, 0.29) is 0 Å². The van der Waals surface area contributed by atoms with E-state index in [1.807, 2.05) is 91.7 Å². The average molecular weight is 1060 g/mol. The molecular weight excluding hydrogens is 1000 g/mol. The van der Waals surface area contributed by atoms with Gasteiger partial charge in [-0.1, -0.05) is 0 Å². The van der Waals surface area contributed by atoms with Crippen LogP contribution in [0, 0.1) is 3.57 Å². The fourth-order valence-corrected chi connectivity index (χ4v) is 27.4. The van der Waals surface area contributed by atoms with Gasteiger partial charge in [-0.15, -0.1) is 11.3 Å². The Morgan fingerprint density at radius 3 is 1.58 bits per heavy atom. The molecule has 14 heteroatoms. The number of hydrogen-bond donors (Lipinski definition) is 2. The molecule has 0 atom stereocenters. The second kappa shape index (κ2) is 23.1. The summed E-state index contributed by atoms with van der Waals surface area (Å²) in [5.74, 6) is 2.98. The van der Waals surface area contributed by atoms with Gasteiger partial charge in [0.25, 0.3) is 0 Å². The van der Waals surface area contributed by atoms with Crippen molar-refractivity contribution in [3.8, 4) is 33.3 Å². The molecule has 8 aromatic rings. The SMILES string of the molecule is CCC[CH2][Sn]([CH2]CCC)([CH2]CCC)[c]1nccs1.CNc1nc(-c2cccnc2)nc2ccc(-c3nccs3)cc12.CNc1nc(-c2cccnc2)nc2ccc(I)cc12. The molecule has 6 aromatic heterocycles. The van der Waals surface area contributed by atoms with Gasteiger partial charge in [0.05, 0.1) is 11.0 Å². The third-order valence-corrected chi connectivity index (χ3v) is 30.4. The monoisotopic (exact) mass is 1060 g/mol. The van der Waals surface area contributed by atoms with Gasteiger partial charge in [0.2, 0.25) is 0 Å². The predicted octanol–water partition coefficient (Wildman–Crippen LogP) is 12.4. The number of benzene rings is 2. The fourth-order valence-electron chi connectivity index (χ4n) is 7.08. The molecule has 6 heterocycles. The molecular formula is C46H53IN10S2Sn. The van der Waals surface area contributed by atoms with Crippen molar-refractivity contribution in [3.05, 3.63) is 112 Å². The van der Waals surface area contributed by atoms with Gasteiger partial charge in [0, 0.05) is 81.5 Å². The van der Waals surface area contributed by atoms with Crippen molar-refractivity contribution in [2.24, 2.45) is 0 Å². The number of unbranched alkanes of at least 4 members (excludes halogenated alkanes) is 3. The Labute approximate surface area is 379 Å². The Hall–Kier alpha value is -4.19. The summed E-state index contributed by atoms with van der Waals surface area (Å²) in [6.07, 6.45) is 19.2. The molecule has 8 rings (SSSR count). The second-order valence-electron chi connectivity index (χ2n) is 14.4. The first-order valence-corrected chi connectivity index (χ1v) is 31.0. The molecule has 60 heavy (non-hydrogen) atoms. The third-order valence-electron chi connectivity index (χ3n) is 10.3. The van der Waals surface area contributed by atoms with Crippen LogP contribution in [-0.4, -0.2) is 72.3 Å². The van der Waals surface area contributed by atoms with E-state index < -0.39 is 18.4 Å². The Morgan fingerprint density at radius 2 is 1.12 bits per heavy atom. The third kappa shape index (κ3) is 11.8. The molecule has 0 spiro atoms. The maximum atomic E-state index is 4.76. The van der Waals surface area contributed by atoms with Crippen molar-refractivity contribution >= 4 is 100 Å². The van der Waals surface area contributed by atoms with E-state index >= 15 is 0 Å². The van der Waals surface area contributed by atoms with Crippen molar-refractivity contribution in [1.82, 2.24) is 39.9 Å². The Kier molecular flexibility index (Phi) is 17.5. The van der Waals surface area contributed by atoms with Crippen molar-refractivity contribution in [3.63, 3.8) is 0 Å². The van der Waals surface area contributed by atoms with Gasteiger partial charge in [-0.2, -0.15) is 0 Å². The number of fused-ring (bicyclic) bond motifs is 2. The van der Waals surface area contributed by atoms with Crippen LogP contribution in [0.3, 0.4) is 0 Å². The van der Waals surface area contributed by atoms with Crippen LogP contribution in [0.2, 0.25) is 13.3 Å². The Morgan fingerprint density at radius 1 is 0.583 bits per heavy atom. The minimum atomic E-state index is -2.12. The molecule has 0 fully saturated rings. The van der Waals surface area contributed by atoms with E-state index in [0.717, 1.165) is 55.1 Å². The molecule has 0 bridgehead atoms. The number of rotatable bonds is 15. The number of halogens is 1. The zero-order chi connectivity index (χ0) is 42.2. The van der Waals surface area contributed by atoms with Crippen LogP contribution >= 0.6 is 45.3 Å². The van der Waals surface area contributed by atoms with Crippen molar-refractivity contribution < 1.29 is 0 Å². The molecule has 0 amide bonds. The van der Waals surface area contributed by atoms with Gasteiger partial charge in [-0.05, 0) is 83.3 Å². The zero-order valence-corrected chi connectivity index (χ0v) is 41.7. The van der Waals surface area contributed by atoms with E-state index in [1.54, 1.807) is 52.5 Å². The van der Waals surface area contributed by atoms with Crippen LogP contribution in [0.1, 0.15) is 59.3 Å². The number of aromatic nitrogens is 8. The number of hydrogen-bond acceptors (Lipinski definition) is 12. The summed E-state index contributed by atoms with van der Waals surface area (Å²) in [6, 6.07) is 19.9. The molecule has 2 N–H and O–H groups in total. The summed E-state index contributed by atoms with van der Waals surface area (Å²) in [4.78, 5) is 35.8. The number of thiazole rings is 2. The molecule has 10 nitrogen and oxygen atoms in total. The van der Waals surface area contributed by atoms with Crippen molar-refractivity contribution in [1.29, 1.82) is 0 Å². The standard InChI is InChI=1S/C17H13N5S.C14H11IN4.3C4H9.C3H2NS.Sn/c1-18-16-13-9-11(17-20-7-8-23-17)4-5-14(13)21-15(22-16)12-3-2-6-19-10-12;1-16-14-11-7-10(15)4-5-12(11)18-13(19-14)9-3-2-6-17-8-9;3*1-3-4-2;1-2-5-3-4-1;/h2-10H,1H3,(H,18,21,22);2-8H,1H3,(H,16,18,19);3*1,3-4H2,2H3;1-2H;. The van der Waals surface area contributed by atoms with Gasteiger partial charge in [0.1, 0.15) is 16.6 Å². The van der Waals surface area contributed by atoms with Crippen LogP contribution in [0.5, 0.6) is 0 Å². The number of anilines is 2. The quantitative estimate of drug-likeness (QED) is 0.0757. The van der Waals surface area contributed by atoms with E-state index in [2.05, 4.69) is 106 Å². The summed E-state index contributed by atoms with van der Waals surface area (Å²) >= 11 is 3.74. The fraction of sp³-hybridized carbons (Fsp3) is 0.304. The largest absolute Gasteiger partial charge is 0.373 e. The van der Waals surface area contributed by atoms with Crippen LogP contribution in [0.4, 0.5) is 11.6 Å². The summed E-state index contributed by atoms with van der Waals surface area (Å²) < 4.78 is 7.40. The second-order valence-corrected chi connectivity index (χ2v) is 31.4. The molecule has 310 valence electrons. The first kappa shape index (κ1) is 45.3. The molecule has 0 aliphatic carbocycles. The van der Waals surface area contributed by atoms with E-state index in [4.69, 9.17) is 4.98 Å². The normalized spacial score (nSPS) is 11.1. The zero-order valence-electron chi connectivity index (χ0n) is 35.0. The van der Waals surface area contributed by atoms with Gasteiger partial charge < -0.3 is 10.6 Å². The summed E-state index contributed by atoms with van der Waals surface area (Å²) in [5, 5.41) is 13.5. The first-order chi connectivity index (χ1) is 29.4. The van der Waals surface area contributed by atoms with Gasteiger partial charge in [-0.3, -0.25) is 9.97 Å². The topological polar surface area (TPSA) is 127 Å². The molecule has 0 aliphatic heterocycles. The first-order valence-electron chi connectivity index (χ1n) is 20.7. The maximum Gasteiger partial charge on any atom is 0.163 e. The van der Waals surface area contributed by atoms with Gasteiger partial charge in [0.15, 0.2) is 11.6 Å². The minimum absolute atomic E-state index is 0.664. The van der Waals surface area contributed by atoms with Crippen LogP contribution in [-0.2, 0) is 0 Å². The number of pyridine rings is 2. The molecule has 0 radical (unpaired) electrons. The predicted molar refractivity (Wildman–Crippen MR) is 265 cm³/mol. The van der Waals surface area contributed by atoms with Gasteiger partial charge in [-0.25, -0.2) is 24.9 Å². The molecule has 0 saturated heterocycles. The van der Waals surface area contributed by atoms with Gasteiger partial charge >= 0.3 is 122 Å². The Balaban J connectivity index is 0.000000153. The molecule has 2 aromatic carbocycles. The van der Waals surface area contributed by atoms with Crippen molar-refractivity contribution in [2.75, 3.05) is 24.7 Å². The summed E-state index contributed by atoms with van der Waals surface area (Å²) in [6.45, 7) is 6.99. The number of nitrogens with one attached hydrogen (secondary N) is 2. The van der Waals surface area contributed by atoms with Crippen LogP contribution in [0.15, 0.2) is 109 Å².